The number of aryl methyl sites for hydroxylation is 1. The molecule has 6 fully saturated rings. The van der Waals surface area contributed by atoms with Crippen LogP contribution in [0.15, 0.2) is 47.1 Å². The number of carbonyl (C=O) groups is 1. The van der Waals surface area contributed by atoms with Gasteiger partial charge in [-0.05, 0) is 93.4 Å². The van der Waals surface area contributed by atoms with Crippen LogP contribution in [0.5, 0.6) is 0 Å². The summed E-state index contributed by atoms with van der Waals surface area (Å²) >= 11 is 0. The average molecular weight is 543 g/mol. The van der Waals surface area contributed by atoms with Crippen molar-refractivity contribution in [1.82, 2.24) is 15.1 Å². The van der Waals surface area contributed by atoms with E-state index in [0.29, 0.717) is 37.5 Å². The molecular weight excluding hydrogens is 503 g/mol. The molecule has 0 atom stereocenters. The summed E-state index contributed by atoms with van der Waals surface area (Å²) in [6, 6.07) is 12.5. The summed E-state index contributed by atoms with van der Waals surface area (Å²) in [4.78, 5) is 25.6. The Labute approximate surface area is 235 Å². The van der Waals surface area contributed by atoms with Gasteiger partial charge in [-0.15, -0.1) is 0 Å². The van der Waals surface area contributed by atoms with E-state index in [1.807, 2.05) is 17.0 Å². The van der Waals surface area contributed by atoms with Gasteiger partial charge in [-0.25, -0.2) is 9.37 Å². The van der Waals surface area contributed by atoms with Gasteiger partial charge in [-0.1, -0.05) is 55.8 Å². The number of fused-ring (bicyclic) bond motifs is 3. The number of alkyl halides is 1. The topological polar surface area (TPSA) is 72.1 Å². The molecule has 9 rings (SSSR count). The average Bonchev–Trinajstić information content (AvgIpc) is 3.43. The third kappa shape index (κ3) is 4.02. The van der Waals surface area contributed by atoms with Gasteiger partial charge in [0, 0.05) is 23.6 Å². The van der Waals surface area contributed by atoms with Crippen LogP contribution < -0.4 is 4.90 Å². The molecule has 0 N–H and O–H groups in total. The molecule has 2 heterocycles. The van der Waals surface area contributed by atoms with Gasteiger partial charge in [0.15, 0.2) is 5.82 Å². The molecule has 2 aromatic heterocycles. The number of rotatable bonds is 6. The minimum atomic E-state index is -1.12. The zero-order chi connectivity index (χ0) is 28.0. The molecule has 0 radical (unpaired) electrons. The Kier molecular flexibility index (Phi) is 5.47. The SMILES string of the molecule is Cc1ccc(-c2ccnc(N(CC34CCC(c5noc(C(C)(C)C)n5)(CC3)CC4)C(=O)C34CC(F)(C3)C4)c2)cc1. The van der Waals surface area contributed by atoms with Gasteiger partial charge in [0.2, 0.25) is 11.8 Å². The summed E-state index contributed by atoms with van der Waals surface area (Å²) in [7, 11) is 0. The lowest BCUT2D eigenvalue weighted by molar-refractivity contribution is -0.211. The fourth-order valence-electron chi connectivity index (χ4n) is 7.84. The zero-order valence-corrected chi connectivity index (χ0v) is 24.1. The summed E-state index contributed by atoms with van der Waals surface area (Å²) in [5.41, 5.74) is 1.49. The minimum Gasteiger partial charge on any atom is -0.339 e. The van der Waals surface area contributed by atoms with E-state index in [9.17, 15) is 9.18 Å². The molecule has 6 aliphatic carbocycles. The lowest BCUT2D eigenvalue weighted by Crippen LogP contribution is -2.71. The highest BCUT2D eigenvalue weighted by atomic mass is 19.1. The van der Waals surface area contributed by atoms with Gasteiger partial charge < -0.3 is 4.52 Å². The van der Waals surface area contributed by atoms with Gasteiger partial charge >= 0.3 is 0 Å². The van der Waals surface area contributed by atoms with Crippen LogP contribution in [0.25, 0.3) is 11.1 Å². The Morgan fingerprint density at radius 3 is 2.20 bits per heavy atom. The van der Waals surface area contributed by atoms with Crippen LogP contribution in [0, 0.1) is 17.8 Å². The number of amides is 1. The van der Waals surface area contributed by atoms with Crippen molar-refractivity contribution in [2.45, 2.75) is 102 Å². The highest BCUT2D eigenvalue weighted by Crippen LogP contribution is 2.70. The number of nitrogens with zero attached hydrogens (tertiary/aromatic N) is 4. The maximum absolute atomic E-state index is 14.5. The van der Waals surface area contributed by atoms with Gasteiger partial charge in [0.25, 0.3) is 0 Å². The van der Waals surface area contributed by atoms with E-state index in [0.717, 1.165) is 55.5 Å². The van der Waals surface area contributed by atoms with E-state index in [2.05, 4.69) is 57.1 Å². The van der Waals surface area contributed by atoms with Crippen LogP contribution in [0.1, 0.15) is 95.8 Å². The Hall–Kier alpha value is -3.09. The zero-order valence-electron chi connectivity index (χ0n) is 24.1. The predicted octanol–water partition coefficient (Wildman–Crippen LogP) is 7.25. The smallest absolute Gasteiger partial charge is 0.234 e. The number of carbonyl (C=O) groups excluding carboxylic acids is 1. The highest BCUT2D eigenvalue weighted by molar-refractivity contribution is 6.00. The number of benzene rings is 1. The van der Waals surface area contributed by atoms with Gasteiger partial charge in [-0.2, -0.15) is 4.98 Å². The Morgan fingerprint density at radius 1 is 0.975 bits per heavy atom. The first-order valence-corrected chi connectivity index (χ1v) is 14.8. The molecule has 3 aromatic rings. The summed E-state index contributed by atoms with van der Waals surface area (Å²) in [6.45, 7) is 9.00. The van der Waals surface area contributed by atoms with Gasteiger partial charge in [-0.3, -0.25) is 9.69 Å². The Bertz CT molecular complexity index is 1430. The monoisotopic (exact) mass is 542 g/mol. The van der Waals surface area contributed by atoms with E-state index >= 15 is 0 Å². The Morgan fingerprint density at radius 2 is 1.62 bits per heavy atom. The molecule has 210 valence electrons. The molecule has 6 aliphatic rings. The standard InChI is InChI=1S/C33H39FN4O2/c1-22-5-7-23(8-6-22)24-9-16-35-25(17-24)38(28(39)32-18-33(34,19-32)20-32)21-30-10-13-31(14-11-30,15-12-30)26-36-27(40-37-26)29(2,3)4/h5-9,16-17H,10-15,18-21H2,1-4H3. The summed E-state index contributed by atoms with van der Waals surface area (Å²) in [5, 5.41) is 4.44. The minimum absolute atomic E-state index is 0.0203. The van der Waals surface area contributed by atoms with E-state index in [-0.39, 0.29) is 22.2 Å². The van der Waals surface area contributed by atoms with Crippen LogP contribution in [0.4, 0.5) is 10.2 Å². The van der Waals surface area contributed by atoms with E-state index < -0.39 is 11.1 Å². The van der Waals surface area contributed by atoms with Crippen LogP contribution >= 0.6 is 0 Å². The van der Waals surface area contributed by atoms with Crippen molar-refractivity contribution in [3.8, 4) is 11.1 Å². The summed E-state index contributed by atoms with van der Waals surface area (Å²) in [6.07, 6.45) is 8.88. The summed E-state index contributed by atoms with van der Waals surface area (Å²) in [5.74, 6) is 2.30. The highest BCUT2D eigenvalue weighted by Gasteiger charge is 2.73. The first-order chi connectivity index (χ1) is 18.9. The van der Waals surface area contributed by atoms with Gasteiger partial charge in [0.05, 0.1) is 5.41 Å². The molecule has 4 bridgehead atoms. The normalized spacial score (nSPS) is 32.3. The maximum atomic E-state index is 14.5. The van der Waals surface area contributed by atoms with E-state index in [4.69, 9.17) is 14.5 Å². The molecule has 7 heteroatoms. The van der Waals surface area contributed by atoms with E-state index in [1.54, 1.807) is 6.20 Å². The van der Waals surface area contributed by atoms with Crippen LogP contribution in [-0.2, 0) is 15.6 Å². The lowest BCUT2D eigenvalue weighted by Gasteiger charge is -2.65. The number of hydrogen-bond donors (Lipinski definition) is 0. The fraction of sp³-hybridized carbons (Fsp3) is 0.576. The molecule has 0 aliphatic heterocycles. The van der Waals surface area contributed by atoms with Crippen molar-refractivity contribution in [3.63, 3.8) is 0 Å². The second kappa shape index (κ2) is 8.46. The number of pyridine rings is 1. The number of anilines is 1. The molecule has 6 saturated carbocycles. The molecule has 1 amide bonds. The van der Waals surface area contributed by atoms with Crippen molar-refractivity contribution in [2.75, 3.05) is 11.4 Å². The first kappa shape index (κ1) is 25.8. The molecule has 0 unspecified atom stereocenters. The fourth-order valence-corrected chi connectivity index (χ4v) is 7.84. The second-order valence-electron chi connectivity index (χ2n) is 14.6. The summed E-state index contributed by atoms with van der Waals surface area (Å²) < 4.78 is 20.2. The Balaban J connectivity index is 1.16. The maximum Gasteiger partial charge on any atom is 0.234 e. The number of halogens is 1. The quantitative estimate of drug-likeness (QED) is 0.328. The van der Waals surface area contributed by atoms with E-state index in [1.165, 1.54) is 5.56 Å². The number of aromatic nitrogens is 3. The van der Waals surface area contributed by atoms with Crippen molar-refractivity contribution < 1.29 is 13.7 Å². The molecule has 1 aromatic carbocycles. The van der Waals surface area contributed by atoms with Crippen LogP contribution in [0.2, 0.25) is 0 Å². The first-order valence-electron chi connectivity index (χ1n) is 14.8. The third-order valence-electron chi connectivity index (χ3n) is 10.5. The van der Waals surface area contributed by atoms with Crippen LogP contribution in [0.3, 0.4) is 0 Å². The molecule has 0 spiro atoms. The second-order valence-corrected chi connectivity index (χ2v) is 14.6. The predicted molar refractivity (Wildman–Crippen MR) is 152 cm³/mol. The van der Waals surface area contributed by atoms with Crippen molar-refractivity contribution in [3.05, 3.63) is 59.9 Å². The van der Waals surface area contributed by atoms with Crippen molar-refractivity contribution in [2.24, 2.45) is 10.8 Å². The number of hydrogen-bond acceptors (Lipinski definition) is 5. The largest absolute Gasteiger partial charge is 0.339 e. The molecule has 40 heavy (non-hydrogen) atoms. The van der Waals surface area contributed by atoms with Gasteiger partial charge in [0.1, 0.15) is 11.5 Å². The van der Waals surface area contributed by atoms with Crippen LogP contribution in [-0.4, -0.2) is 33.2 Å². The van der Waals surface area contributed by atoms with Crippen molar-refractivity contribution in [1.29, 1.82) is 0 Å². The molecular formula is C33H39FN4O2. The third-order valence-corrected chi connectivity index (χ3v) is 10.5. The van der Waals surface area contributed by atoms with Crippen molar-refractivity contribution >= 4 is 11.7 Å². The molecule has 0 saturated heterocycles. The molecule has 6 nitrogen and oxygen atoms in total. The lowest BCUT2D eigenvalue weighted by atomic mass is 9.41.